The quantitative estimate of drug-likeness (QED) is 0.800. The Bertz CT molecular complexity index is 715. The third-order valence-electron chi connectivity index (χ3n) is 2.75. The number of halogens is 1. The molecule has 2 rings (SSSR count). The first-order valence-electron chi connectivity index (χ1n) is 5.69. The van der Waals surface area contributed by atoms with E-state index in [2.05, 4.69) is 10.3 Å². The molecule has 0 bridgehead atoms. The van der Waals surface area contributed by atoms with Crippen molar-refractivity contribution in [2.24, 2.45) is 0 Å². The average molecular weight is 295 g/mol. The lowest BCUT2D eigenvalue weighted by atomic mass is 10.1. The molecular formula is C13H11ClN2O4. The third kappa shape index (κ3) is 2.65. The maximum atomic E-state index is 11.8. The van der Waals surface area contributed by atoms with Crippen molar-refractivity contribution in [3.8, 4) is 5.75 Å². The monoisotopic (exact) mass is 294 g/mol. The van der Waals surface area contributed by atoms with Crippen LogP contribution >= 0.6 is 11.6 Å². The second-order valence-electron chi connectivity index (χ2n) is 4.16. The Morgan fingerprint density at radius 1 is 1.35 bits per heavy atom. The Kier molecular flexibility index (Phi) is 3.76. The Balaban J connectivity index is 2.50. The van der Waals surface area contributed by atoms with Crippen LogP contribution < -0.4 is 5.32 Å². The summed E-state index contributed by atoms with van der Waals surface area (Å²) in [5, 5.41) is 22.3. The number of nitrogens with one attached hydrogen (secondary N) is 1. The highest BCUT2D eigenvalue weighted by Gasteiger charge is 2.18. The van der Waals surface area contributed by atoms with Gasteiger partial charge >= 0.3 is 5.97 Å². The molecule has 0 fully saturated rings. The number of aliphatic carboxylic acids is 1. The second kappa shape index (κ2) is 5.34. The minimum atomic E-state index is -1.18. The van der Waals surface area contributed by atoms with Crippen molar-refractivity contribution in [3.05, 3.63) is 34.6 Å². The summed E-state index contributed by atoms with van der Waals surface area (Å²) in [6.45, 7) is 1.13. The van der Waals surface area contributed by atoms with Crippen LogP contribution in [0.5, 0.6) is 5.75 Å². The van der Waals surface area contributed by atoms with Crippen LogP contribution in [-0.4, -0.2) is 33.6 Å². The molecule has 0 saturated heterocycles. The van der Waals surface area contributed by atoms with Gasteiger partial charge in [0.15, 0.2) is 11.4 Å². The first kappa shape index (κ1) is 14.1. The van der Waals surface area contributed by atoms with Gasteiger partial charge in [0.1, 0.15) is 6.54 Å². The first-order chi connectivity index (χ1) is 9.40. The predicted molar refractivity (Wildman–Crippen MR) is 73.1 cm³/mol. The molecule has 1 aromatic heterocycles. The molecule has 7 heteroatoms. The van der Waals surface area contributed by atoms with Crippen molar-refractivity contribution in [1.29, 1.82) is 0 Å². The van der Waals surface area contributed by atoms with E-state index in [1.165, 1.54) is 0 Å². The molecule has 0 spiro atoms. The molecular weight excluding hydrogens is 284 g/mol. The molecule has 3 N–H and O–H groups in total. The second-order valence-corrected chi connectivity index (χ2v) is 4.60. The Labute approximate surface area is 119 Å². The van der Waals surface area contributed by atoms with Gasteiger partial charge in [-0.25, -0.2) is 4.98 Å². The number of carbonyl (C=O) groups excluding carboxylic acids is 1. The van der Waals surface area contributed by atoms with Gasteiger partial charge in [-0.1, -0.05) is 11.6 Å². The molecule has 1 aromatic carbocycles. The molecule has 20 heavy (non-hydrogen) atoms. The number of nitrogens with zero attached hydrogens (tertiary/aromatic N) is 1. The number of hydrogen-bond donors (Lipinski definition) is 3. The maximum Gasteiger partial charge on any atom is 0.322 e. The van der Waals surface area contributed by atoms with E-state index in [0.29, 0.717) is 21.5 Å². The molecule has 1 amide bonds. The molecule has 0 unspecified atom stereocenters. The summed E-state index contributed by atoms with van der Waals surface area (Å²) < 4.78 is 0. The summed E-state index contributed by atoms with van der Waals surface area (Å²) in [7, 11) is 0. The molecule has 0 aliphatic heterocycles. The Morgan fingerprint density at radius 2 is 2.05 bits per heavy atom. The van der Waals surface area contributed by atoms with Crippen molar-refractivity contribution in [2.45, 2.75) is 6.92 Å². The van der Waals surface area contributed by atoms with Crippen molar-refractivity contribution in [1.82, 2.24) is 10.3 Å². The van der Waals surface area contributed by atoms with E-state index < -0.39 is 18.4 Å². The number of aryl methyl sites for hydroxylation is 1. The van der Waals surface area contributed by atoms with Gasteiger partial charge in [-0.15, -0.1) is 0 Å². The molecule has 0 saturated carbocycles. The molecule has 0 atom stereocenters. The normalized spacial score (nSPS) is 10.5. The van der Waals surface area contributed by atoms with Crippen LogP contribution in [-0.2, 0) is 4.79 Å². The van der Waals surface area contributed by atoms with E-state index in [4.69, 9.17) is 16.7 Å². The predicted octanol–water partition coefficient (Wildman–Crippen LogP) is 1.72. The van der Waals surface area contributed by atoms with Crippen LogP contribution in [0.1, 0.15) is 16.2 Å². The number of rotatable bonds is 3. The van der Waals surface area contributed by atoms with Gasteiger partial charge in [-0.3, -0.25) is 9.59 Å². The smallest absolute Gasteiger partial charge is 0.322 e. The first-order valence-corrected chi connectivity index (χ1v) is 6.06. The van der Waals surface area contributed by atoms with Crippen LogP contribution in [0.2, 0.25) is 5.02 Å². The molecule has 0 radical (unpaired) electrons. The standard InChI is InChI=1S/C13H11ClN2O4/c1-6-9-4-7(14)2-3-8(9)12(19)11(16-6)13(20)15-5-10(17)18/h2-4,19H,5H2,1H3,(H,15,20)(H,17,18). The lowest BCUT2D eigenvalue weighted by Crippen LogP contribution is -2.30. The van der Waals surface area contributed by atoms with Crippen LogP contribution in [0.25, 0.3) is 10.8 Å². The largest absolute Gasteiger partial charge is 0.505 e. The number of carbonyl (C=O) groups is 2. The van der Waals surface area contributed by atoms with Gasteiger partial charge in [0.25, 0.3) is 5.91 Å². The third-order valence-corrected chi connectivity index (χ3v) is 2.98. The summed E-state index contributed by atoms with van der Waals surface area (Å²) in [6.07, 6.45) is 0. The Morgan fingerprint density at radius 3 is 2.70 bits per heavy atom. The average Bonchev–Trinajstić information content (AvgIpc) is 2.40. The van der Waals surface area contributed by atoms with Gasteiger partial charge in [0, 0.05) is 21.5 Å². The van der Waals surface area contributed by atoms with Crippen molar-refractivity contribution >= 4 is 34.2 Å². The van der Waals surface area contributed by atoms with Gasteiger partial charge in [-0.2, -0.15) is 0 Å². The highest BCUT2D eigenvalue weighted by atomic mass is 35.5. The fourth-order valence-corrected chi connectivity index (χ4v) is 2.00. The van der Waals surface area contributed by atoms with E-state index in [9.17, 15) is 14.7 Å². The summed E-state index contributed by atoms with van der Waals surface area (Å²) in [5.41, 5.74) is 0.305. The van der Waals surface area contributed by atoms with E-state index in [1.54, 1.807) is 25.1 Å². The number of aromatic nitrogens is 1. The number of carboxylic acids is 1. The zero-order valence-electron chi connectivity index (χ0n) is 10.5. The number of amides is 1. The van der Waals surface area contributed by atoms with Crippen molar-refractivity contribution in [3.63, 3.8) is 0 Å². The molecule has 0 aliphatic rings. The van der Waals surface area contributed by atoms with Gasteiger partial charge < -0.3 is 15.5 Å². The van der Waals surface area contributed by atoms with E-state index in [0.717, 1.165) is 0 Å². The summed E-state index contributed by atoms with van der Waals surface area (Å²) in [4.78, 5) is 26.2. The summed E-state index contributed by atoms with van der Waals surface area (Å²) >= 11 is 5.88. The number of pyridine rings is 1. The molecule has 104 valence electrons. The fraction of sp³-hybridized carbons (Fsp3) is 0.154. The molecule has 1 heterocycles. The molecule has 2 aromatic rings. The van der Waals surface area contributed by atoms with Crippen molar-refractivity contribution < 1.29 is 19.8 Å². The van der Waals surface area contributed by atoms with E-state index >= 15 is 0 Å². The lowest BCUT2D eigenvalue weighted by molar-refractivity contribution is -0.135. The maximum absolute atomic E-state index is 11.8. The topological polar surface area (TPSA) is 99.5 Å². The minimum absolute atomic E-state index is 0.210. The van der Waals surface area contributed by atoms with Crippen LogP contribution in [0, 0.1) is 6.92 Å². The fourth-order valence-electron chi connectivity index (χ4n) is 1.83. The number of carboxylic acid groups (broad SMARTS) is 1. The number of fused-ring (bicyclic) bond motifs is 1. The van der Waals surface area contributed by atoms with Gasteiger partial charge in [0.05, 0.1) is 0 Å². The Hall–Kier alpha value is -2.34. The molecule has 6 nitrogen and oxygen atoms in total. The highest BCUT2D eigenvalue weighted by molar-refractivity contribution is 6.31. The van der Waals surface area contributed by atoms with Crippen LogP contribution in [0.3, 0.4) is 0 Å². The van der Waals surface area contributed by atoms with Crippen LogP contribution in [0.15, 0.2) is 18.2 Å². The van der Waals surface area contributed by atoms with Gasteiger partial charge in [-0.05, 0) is 25.1 Å². The van der Waals surface area contributed by atoms with Crippen LogP contribution in [0.4, 0.5) is 0 Å². The summed E-state index contributed by atoms with van der Waals surface area (Å²) in [5.74, 6) is -2.22. The SMILES string of the molecule is Cc1nc(C(=O)NCC(=O)O)c(O)c2ccc(Cl)cc12. The lowest BCUT2D eigenvalue weighted by Gasteiger charge is -2.10. The number of benzene rings is 1. The van der Waals surface area contributed by atoms with E-state index in [-0.39, 0.29) is 11.4 Å². The highest BCUT2D eigenvalue weighted by Crippen LogP contribution is 2.31. The summed E-state index contributed by atoms with van der Waals surface area (Å²) in [6, 6.07) is 4.80. The zero-order valence-corrected chi connectivity index (χ0v) is 11.2. The van der Waals surface area contributed by atoms with E-state index in [1.807, 2.05) is 0 Å². The number of aromatic hydroxyl groups is 1. The van der Waals surface area contributed by atoms with Gasteiger partial charge in [0.2, 0.25) is 0 Å². The molecule has 0 aliphatic carbocycles. The van der Waals surface area contributed by atoms with Crippen molar-refractivity contribution in [2.75, 3.05) is 6.54 Å². The number of hydrogen-bond acceptors (Lipinski definition) is 4. The zero-order chi connectivity index (χ0) is 14.9. The minimum Gasteiger partial charge on any atom is -0.505 e.